The molecule has 0 saturated heterocycles. The Balaban J connectivity index is 1.59. The molecule has 24 heavy (non-hydrogen) atoms. The second kappa shape index (κ2) is 6.21. The highest BCUT2D eigenvalue weighted by atomic mass is 32.2. The Hall–Kier alpha value is -2.45. The van der Waals surface area contributed by atoms with Crippen LogP contribution in [0, 0.1) is 6.92 Å². The third kappa shape index (κ3) is 2.98. The molecular formula is C16H13N5OS2. The van der Waals surface area contributed by atoms with Crippen molar-refractivity contribution in [3.63, 3.8) is 0 Å². The Morgan fingerprint density at radius 2 is 2.12 bits per heavy atom. The lowest BCUT2D eigenvalue weighted by Crippen LogP contribution is -2.12. The number of nitrogens with zero attached hydrogens (tertiary/aromatic N) is 4. The van der Waals surface area contributed by atoms with Gasteiger partial charge in [-0.2, -0.15) is 4.68 Å². The molecule has 120 valence electrons. The molecular weight excluding hydrogens is 342 g/mol. The Morgan fingerprint density at radius 1 is 1.25 bits per heavy atom. The lowest BCUT2D eigenvalue weighted by Gasteiger charge is -1.99. The van der Waals surface area contributed by atoms with Crippen molar-refractivity contribution < 1.29 is 0 Å². The molecule has 0 spiro atoms. The first-order valence-electron chi connectivity index (χ1n) is 7.28. The number of aromatic amines is 1. The summed E-state index contributed by atoms with van der Waals surface area (Å²) in [6, 6.07) is 11.3. The molecule has 0 fully saturated rings. The fourth-order valence-electron chi connectivity index (χ4n) is 2.25. The number of rotatable bonds is 4. The fraction of sp³-hybridized carbons (Fsp3) is 0.125. The summed E-state index contributed by atoms with van der Waals surface area (Å²) in [4.78, 5) is 25.3. The van der Waals surface area contributed by atoms with Crippen LogP contribution in [0.15, 0.2) is 52.5 Å². The lowest BCUT2D eigenvalue weighted by atomic mass is 10.3. The maximum Gasteiger partial charge on any atom is 0.273 e. The third-order valence-corrected chi connectivity index (χ3v) is 5.31. The topological polar surface area (TPSA) is 76.5 Å². The summed E-state index contributed by atoms with van der Waals surface area (Å²) in [6.45, 7) is 1.93. The van der Waals surface area contributed by atoms with Crippen LogP contribution in [0.2, 0.25) is 0 Å². The summed E-state index contributed by atoms with van der Waals surface area (Å²) in [5, 5.41) is 4.46. The van der Waals surface area contributed by atoms with Gasteiger partial charge in [-0.15, -0.1) is 0 Å². The highest BCUT2D eigenvalue weighted by Crippen LogP contribution is 2.24. The zero-order chi connectivity index (χ0) is 16.5. The Bertz CT molecular complexity index is 1030. The van der Waals surface area contributed by atoms with Crippen molar-refractivity contribution in [2.24, 2.45) is 0 Å². The molecule has 0 saturated carbocycles. The van der Waals surface area contributed by atoms with Gasteiger partial charge < -0.3 is 0 Å². The number of para-hydroxylation sites is 1. The molecule has 1 aromatic carbocycles. The van der Waals surface area contributed by atoms with E-state index in [-0.39, 0.29) is 5.56 Å². The van der Waals surface area contributed by atoms with Crippen LogP contribution in [-0.4, -0.2) is 24.7 Å². The summed E-state index contributed by atoms with van der Waals surface area (Å²) in [5.41, 5.74) is 2.51. The van der Waals surface area contributed by atoms with Crippen LogP contribution >= 0.6 is 23.1 Å². The molecule has 8 heteroatoms. The standard InChI is InChI=1S/C16H13N5OS2/c1-10-6-7-17-15(18-10)23-9-11-8-14(22)21(20-11)16-19-12-4-2-3-5-13(12)24-16/h2-8,20H,9H2,1H3. The van der Waals surface area contributed by atoms with Gasteiger partial charge in [0.15, 0.2) is 5.16 Å². The van der Waals surface area contributed by atoms with E-state index in [0.29, 0.717) is 16.0 Å². The number of hydrogen-bond acceptors (Lipinski definition) is 6. The predicted molar refractivity (Wildman–Crippen MR) is 95.9 cm³/mol. The molecule has 0 radical (unpaired) electrons. The number of benzene rings is 1. The lowest BCUT2D eigenvalue weighted by molar-refractivity contribution is 0.826. The van der Waals surface area contributed by atoms with Crippen molar-refractivity contribution in [3.8, 4) is 5.13 Å². The molecule has 4 rings (SSSR count). The predicted octanol–water partition coefficient (Wildman–Crippen LogP) is 3.17. The Morgan fingerprint density at radius 3 is 2.96 bits per heavy atom. The minimum absolute atomic E-state index is 0.116. The van der Waals surface area contributed by atoms with Gasteiger partial charge in [-0.1, -0.05) is 35.2 Å². The number of aromatic nitrogens is 5. The van der Waals surface area contributed by atoms with Gasteiger partial charge in [0.05, 0.1) is 10.2 Å². The first-order chi connectivity index (χ1) is 11.7. The number of hydrogen-bond donors (Lipinski definition) is 1. The van der Waals surface area contributed by atoms with Crippen molar-refractivity contribution in [3.05, 3.63) is 64.3 Å². The zero-order valence-corrected chi connectivity index (χ0v) is 14.4. The number of fused-ring (bicyclic) bond motifs is 1. The summed E-state index contributed by atoms with van der Waals surface area (Å²) in [6.07, 6.45) is 1.74. The van der Waals surface area contributed by atoms with Gasteiger partial charge in [0.25, 0.3) is 5.56 Å². The van der Waals surface area contributed by atoms with Crippen LogP contribution in [0.25, 0.3) is 15.3 Å². The van der Waals surface area contributed by atoms with Crippen molar-refractivity contribution in [2.75, 3.05) is 0 Å². The van der Waals surface area contributed by atoms with E-state index in [4.69, 9.17) is 0 Å². The molecule has 3 heterocycles. The SMILES string of the molecule is Cc1ccnc(SCc2cc(=O)n(-c3nc4ccccc4s3)[nH]2)n1. The minimum atomic E-state index is -0.116. The number of nitrogens with one attached hydrogen (secondary N) is 1. The third-order valence-electron chi connectivity index (χ3n) is 3.38. The van der Waals surface area contributed by atoms with Crippen LogP contribution in [0.4, 0.5) is 0 Å². The molecule has 0 amide bonds. The summed E-state index contributed by atoms with van der Waals surface area (Å²) < 4.78 is 2.54. The number of H-pyrrole nitrogens is 1. The largest absolute Gasteiger partial charge is 0.292 e. The van der Waals surface area contributed by atoms with Gasteiger partial charge in [0.1, 0.15) is 0 Å². The van der Waals surface area contributed by atoms with Crippen molar-refractivity contribution in [1.82, 2.24) is 24.7 Å². The van der Waals surface area contributed by atoms with E-state index in [0.717, 1.165) is 21.6 Å². The molecule has 4 aromatic rings. The quantitative estimate of drug-likeness (QED) is 0.449. The van der Waals surface area contributed by atoms with Gasteiger partial charge in [-0.05, 0) is 25.1 Å². The number of aryl methyl sites for hydroxylation is 1. The van der Waals surface area contributed by atoms with Gasteiger partial charge in [-0.25, -0.2) is 15.0 Å². The molecule has 0 bridgehead atoms. The normalized spacial score (nSPS) is 11.2. The van der Waals surface area contributed by atoms with Crippen molar-refractivity contribution in [1.29, 1.82) is 0 Å². The van der Waals surface area contributed by atoms with Crippen molar-refractivity contribution >= 4 is 33.3 Å². The van der Waals surface area contributed by atoms with Gasteiger partial charge in [0.2, 0.25) is 5.13 Å². The second-order valence-electron chi connectivity index (χ2n) is 5.19. The first kappa shape index (κ1) is 15.1. The van der Waals surface area contributed by atoms with E-state index in [1.165, 1.54) is 27.8 Å². The van der Waals surface area contributed by atoms with Crippen LogP contribution in [0.3, 0.4) is 0 Å². The number of thioether (sulfide) groups is 1. The molecule has 0 aliphatic rings. The molecule has 0 unspecified atom stereocenters. The van der Waals surface area contributed by atoms with E-state index in [9.17, 15) is 4.79 Å². The van der Waals surface area contributed by atoms with Crippen LogP contribution in [0.5, 0.6) is 0 Å². The van der Waals surface area contributed by atoms with E-state index < -0.39 is 0 Å². The van der Waals surface area contributed by atoms with E-state index in [2.05, 4.69) is 20.1 Å². The maximum atomic E-state index is 12.2. The zero-order valence-electron chi connectivity index (χ0n) is 12.8. The molecule has 6 nitrogen and oxygen atoms in total. The fourth-order valence-corrected chi connectivity index (χ4v) is 3.96. The summed E-state index contributed by atoms with van der Waals surface area (Å²) in [7, 11) is 0. The van der Waals surface area contributed by atoms with E-state index >= 15 is 0 Å². The van der Waals surface area contributed by atoms with Crippen LogP contribution in [-0.2, 0) is 5.75 Å². The first-order valence-corrected chi connectivity index (χ1v) is 9.08. The summed E-state index contributed by atoms with van der Waals surface area (Å²) >= 11 is 2.97. The molecule has 0 atom stereocenters. The van der Waals surface area contributed by atoms with E-state index in [1.807, 2.05) is 37.3 Å². The van der Waals surface area contributed by atoms with Crippen molar-refractivity contribution in [2.45, 2.75) is 17.8 Å². The minimum Gasteiger partial charge on any atom is -0.292 e. The second-order valence-corrected chi connectivity index (χ2v) is 7.14. The Labute approximate surface area is 145 Å². The smallest absolute Gasteiger partial charge is 0.273 e. The highest BCUT2D eigenvalue weighted by Gasteiger charge is 2.11. The number of thiazole rings is 1. The maximum absolute atomic E-state index is 12.2. The van der Waals surface area contributed by atoms with Crippen LogP contribution < -0.4 is 5.56 Å². The summed E-state index contributed by atoms with van der Waals surface area (Å²) in [5.74, 6) is 0.594. The molecule has 0 aliphatic carbocycles. The molecule has 3 aromatic heterocycles. The monoisotopic (exact) mass is 355 g/mol. The van der Waals surface area contributed by atoms with Gasteiger partial charge in [-0.3, -0.25) is 9.89 Å². The van der Waals surface area contributed by atoms with E-state index in [1.54, 1.807) is 12.3 Å². The average Bonchev–Trinajstić information content (AvgIpc) is 3.16. The highest BCUT2D eigenvalue weighted by molar-refractivity contribution is 7.98. The van der Waals surface area contributed by atoms with Crippen LogP contribution in [0.1, 0.15) is 11.4 Å². The average molecular weight is 355 g/mol. The molecule has 1 N–H and O–H groups in total. The Kier molecular flexibility index (Phi) is 3.91. The molecule has 0 aliphatic heterocycles. The van der Waals surface area contributed by atoms with Gasteiger partial charge >= 0.3 is 0 Å². The van der Waals surface area contributed by atoms with Gasteiger partial charge in [0, 0.05) is 29.4 Å².